The van der Waals surface area contributed by atoms with E-state index in [9.17, 15) is 15.3 Å². The van der Waals surface area contributed by atoms with E-state index in [0.29, 0.717) is 24.3 Å². The lowest BCUT2D eigenvalue weighted by Gasteiger charge is -2.34. The topological polar surface area (TPSA) is 69.9 Å². The van der Waals surface area contributed by atoms with Crippen LogP contribution in [0.2, 0.25) is 0 Å². The summed E-state index contributed by atoms with van der Waals surface area (Å²) in [5.74, 6) is 0.878. The van der Waals surface area contributed by atoms with Gasteiger partial charge in [0.1, 0.15) is 17.2 Å². The SMILES string of the molecule is C=C(C)[C@@H]1CCC(C)=C[C@H]1c1c(O)cc2c(c1O)[C@H](CCO)CCO2. The van der Waals surface area contributed by atoms with Crippen LogP contribution in [0.5, 0.6) is 17.2 Å². The Bertz CT molecular complexity index is 704. The van der Waals surface area contributed by atoms with E-state index >= 15 is 0 Å². The molecule has 3 rings (SSSR count). The first-order valence-corrected chi connectivity index (χ1v) is 9.09. The highest BCUT2D eigenvalue weighted by Crippen LogP contribution is 2.52. The van der Waals surface area contributed by atoms with E-state index in [2.05, 4.69) is 19.6 Å². The van der Waals surface area contributed by atoms with Gasteiger partial charge in [0.05, 0.1) is 6.61 Å². The molecule has 0 fully saturated rings. The fourth-order valence-electron chi connectivity index (χ4n) is 4.31. The van der Waals surface area contributed by atoms with Crippen LogP contribution < -0.4 is 4.74 Å². The van der Waals surface area contributed by atoms with Gasteiger partial charge in [0.2, 0.25) is 0 Å². The normalized spacial score (nSPS) is 25.7. The molecule has 1 aliphatic heterocycles. The van der Waals surface area contributed by atoms with Gasteiger partial charge in [-0.15, -0.1) is 0 Å². The maximum absolute atomic E-state index is 11.1. The number of ether oxygens (including phenoxy) is 1. The summed E-state index contributed by atoms with van der Waals surface area (Å²) in [7, 11) is 0. The van der Waals surface area contributed by atoms with Crippen molar-refractivity contribution in [1.29, 1.82) is 0 Å². The van der Waals surface area contributed by atoms with E-state index in [1.807, 2.05) is 6.92 Å². The number of phenolic OH excluding ortho intramolecular Hbond substituents is 2. The molecule has 3 N–H and O–H groups in total. The van der Waals surface area contributed by atoms with Crippen LogP contribution in [-0.4, -0.2) is 28.5 Å². The molecule has 0 saturated carbocycles. The minimum Gasteiger partial charge on any atom is -0.507 e. The molecule has 1 aliphatic carbocycles. The van der Waals surface area contributed by atoms with Crippen molar-refractivity contribution in [1.82, 2.24) is 0 Å². The van der Waals surface area contributed by atoms with E-state index in [-0.39, 0.29) is 35.9 Å². The van der Waals surface area contributed by atoms with E-state index < -0.39 is 0 Å². The maximum Gasteiger partial charge on any atom is 0.130 e. The summed E-state index contributed by atoms with van der Waals surface area (Å²) < 4.78 is 5.66. The Morgan fingerprint density at radius 2 is 2.04 bits per heavy atom. The van der Waals surface area contributed by atoms with Gasteiger partial charge in [0.15, 0.2) is 0 Å². The van der Waals surface area contributed by atoms with Gasteiger partial charge < -0.3 is 20.1 Å². The van der Waals surface area contributed by atoms with Gasteiger partial charge in [0, 0.05) is 29.7 Å². The number of aliphatic hydroxyl groups excluding tert-OH is 1. The quantitative estimate of drug-likeness (QED) is 0.710. The summed E-state index contributed by atoms with van der Waals surface area (Å²) in [5.41, 5.74) is 3.63. The fraction of sp³-hybridized carbons (Fsp3) is 0.524. The van der Waals surface area contributed by atoms with E-state index in [1.165, 1.54) is 5.57 Å². The molecule has 4 nitrogen and oxygen atoms in total. The van der Waals surface area contributed by atoms with E-state index in [0.717, 1.165) is 30.4 Å². The monoisotopic (exact) mass is 344 g/mol. The molecule has 3 atom stereocenters. The molecule has 2 aliphatic rings. The van der Waals surface area contributed by atoms with E-state index in [4.69, 9.17) is 4.74 Å². The van der Waals surface area contributed by atoms with Crippen LogP contribution in [0.1, 0.15) is 62.5 Å². The standard InChI is InChI=1S/C21H28O4/c1-12(2)15-5-4-13(3)10-16(15)20-17(23)11-18-19(21(20)24)14(6-8-22)7-9-25-18/h10-11,14-16,22-24H,1,4-9H2,2-3H3/t14-,15+,16-/m1/s1. The van der Waals surface area contributed by atoms with Crippen LogP contribution >= 0.6 is 0 Å². The van der Waals surface area contributed by atoms with Crippen molar-refractivity contribution >= 4 is 0 Å². The van der Waals surface area contributed by atoms with Gasteiger partial charge in [-0.2, -0.15) is 0 Å². The van der Waals surface area contributed by atoms with Crippen LogP contribution in [-0.2, 0) is 0 Å². The second kappa shape index (κ2) is 7.12. The van der Waals surface area contributed by atoms with Crippen LogP contribution in [0.15, 0.2) is 29.9 Å². The number of rotatable bonds is 4. The van der Waals surface area contributed by atoms with Crippen molar-refractivity contribution in [3.05, 3.63) is 41.0 Å². The van der Waals surface area contributed by atoms with Crippen molar-refractivity contribution in [3.63, 3.8) is 0 Å². The first kappa shape index (κ1) is 17.9. The van der Waals surface area contributed by atoms with Crippen LogP contribution in [0.3, 0.4) is 0 Å². The Morgan fingerprint density at radius 3 is 2.72 bits per heavy atom. The predicted octanol–water partition coefficient (Wildman–Crippen LogP) is 4.36. The molecule has 1 heterocycles. The van der Waals surface area contributed by atoms with Gasteiger partial charge in [0.25, 0.3) is 0 Å². The number of aliphatic hydroxyl groups is 1. The Labute approximate surface area is 149 Å². The summed E-state index contributed by atoms with van der Waals surface area (Å²) >= 11 is 0. The zero-order valence-electron chi connectivity index (χ0n) is 15.1. The molecule has 0 radical (unpaired) electrons. The smallest absolute Gasteiger partial charge is 0.130 e. The third kappa shape index (κ3) is 3.28. The van der Waals surface area contributed by atoms with Gasteiger partial charge in [-0.05, 0) is 51.4 Å². The fourth-order valence-corrected chi connectivity index (χ4v) is 4.31. The number of fused-ring (bicyclic) bond motifs is 1. The van der Waals surface area contributed by atoms with Gasteiger partial charge in [-0.1, -0.05) is 23.8 Å². The third-order valence-corrected chi connectivity index (χ3v) is 5.64. The largest absolute Gasteiger partial charge is 0.507 e. The highest BCUT2D eigenvalue weighted by atomic mass is 16.5. The number of allylic oxidation sites excluding steroid dienone is 3. The van der Waals surface area contributed by atoms with Crippen molar-refractivity contribution in [2.75, 3.05) is 13.2 Å². The number of aromatic hydroxyl groups is 2. The lowest BCUT2D eigenvalue weighted by molar-refractivity contribution is 0.225. The molecular weight excluding hydrogens is 316 g/mol. The molecule has 25 heavy (non-hydrogen) atoms. The number of hydrogen-bond acceptors (Lipinski definition) is 4. The van der Waals surface area contributed by atoms with Gasteiger partial charge in [-0.3, -0.25) is 0 Å². The minimum atomic E-state index is -0.0896. The zero-order valence-corrected chi connectivity index (χ0v) is 15.1. The third-order valence-electron chi connectivity index (χ3n) is 5.64. The Hall–Kier alpha value is -1.94. The molecule has 0 amide bonds. The molecule has 1 aromatic carbocycles. The molecule has 1 aromatic rings. The minimum absolute atomic E-state index is 0.0463. The van der Waals surface area contributed by atoms with Crippen molar-refractivity contribution < 1.29 is 20.1 Å². The number of phenols is 2. The molecule has 0 bridgehead atoms. The maximum atomic E-state index is 11.1. The van der Waals surface area contributed by atoms with Crippen molar-refractivity contribution in [2.24, 2.45) is 5.92 Å². The second-order valence-corrected chi connectivity index (χ2v) is 7.45. The summed E-state index contributed by atoms with van der Waals surface area (Å²) in [4.78, 5) is 0. The molecule has 0 aromatic heterocycles. The summed E-state index contributed by atoms with van der Waals surface area (Å²) in [6.07, 6.45) is 5.47. The summed E-state index contributed by atoms with van der Waals surface area (Å²) in [6, 6.07) is 1.63. The Morgan fingerprint density at radius 1 is 1.28 bits per heavy atom. The van der Waals surface area contributed by atoms with E-state index in [1.54, 1.807) is 6.07 Å². The molecular formula is C21H28O4. The Kier molecular flexibility index (Phi) is 5.09. The van der Waals surface area contributed by atoms with Crippen LogP contribution in [0.25, 0.3) is 0 Å². The Balaban J connectivity index is 2.14. The molecule has 0 unspecified atom stereocenters. The number of hydrogen-bond donors (Lipinski definition) is 3. The molecule has 4 heteroatoms. The second-order valence-electron chi connectivity index (χ2n) is 7.45. The summed E-state index contributed by atoms with van der Waals surface area (Å²) in [5, 5.41) is 31.1. The highest BCUT2D eigenvalue weighted by molar-refractivity contribution is 5.61. The average Bonchev–Trinajstić information content (AvgIpc) is 2.54. The first-order chi connectivity index (χ1) is 11.9. The van der Waals surface area contributed by atoms with Crippen LogP contribution in [0, 0.1) is 5.92 Å². The molecule has 0 saturated heterocycles. The van der Waals surface area contributed by atoms with Crippen molar-refractivity contribution in [2.45, 2.75) is 51.4 Å². The lowest BCUT2D eigenvalue weighted by atomic mass is 9.73. The first-order valence-electron chi connectivity index (χ1n) is 9.09. The molecule has 0 spiro atoms. The predicted molar refractivity (Wildman–Crippen MR) is 98.4 cm³/mol. The average molecular weight is 344 g/mol. The van der Waals surface area contributed by atoms with Crippen molar-refractivity contribution in [3.8, 4) is 17.2 Å². The highest BCUT2D eigenvalue weighted by Gasteiger charge is 2.34. The number of benzene rings is 1. The molecule has 136 valence electrons. The van der Waals surface area contributed by atoms with Gasteiger partial charge >= 0.3 is 0 Å². The zero-order chi connectivity index (χ0) is 18.1. The van der Waals surface area contributed by atoms with Gasteiger partial charge in [-0.25, -0.2) is 0 Å². The van der Waals surface area contributed by atoms with Crippen LogP contribution in [0.4, 0.5) is 0 Å². The summed E-state index contributed by atoms with van der Waals surface area (Å²) in [6.45, 7) is 8.82. The lowest BCUT2D eigenvalue weighted by Crippen LogP contribution is -2.20.